The van der Waals surface area contributed by atoms with Crippen LogP contribution in [0.5, 0.6) is 0 Å². The molecule has 2 atom stereocenters. The fourth-order valence-electron chi connectivity index (χ4n) is 3.37. The van der Waals surface area contributed by atoms with Crippen molar-refractivity contribution in [2.24, 2.45) is 11.3 Å². The van der Waals surface area contributed by atoms with Gasteiger partial charge in [-0.1, -0.05) is 34.1 Å². The van der Waals surface area contributed by atoms with E-state index in [9.17, 15) is 0 Å². The monoisotopic (exact) mass is 268 g/mol. The van der Waals surface area contributed by atoms with Gasteiger partial charge in [0.2, 0.25) is 0 Å². The third-order valence-corrected chi connectivity index (χ3v) is 4.39. The molecule has 0 spiro atoms. The van der Waals surface area contributed by atoms with E-state index in [1.807, 2.05) is 0 Å². The number of likely N-dealkylation sites (N-methyl/N-ethyl adjacent to an activating group) is 1. The van der Waals surface area contributed by atoms with Crippen molar-refractivity contribution < 1.29 is 0 Å². The van der Waals surface area contributed by atoms with Gasteiger partial charge in [-0.05, 0) is 57.5 Å². The van der Waals surface area contributed by atoms with Crippen LogP contribution in [-0.4, -0.2) is 37.6 Å². The highest BCUT2D eigenvalue weighted by Crippen LogP contribution is 2.33. The molecule has 114 valence electrons. The van der Waals surface area contributed by atoms with E-state index in [1.165, 1.54) is 38.5 Å². The predicted octanol–water partition coefficient (Wildman–Crippen LogP) is 3.91. The topological polar surface area (TPSA) is 15.3 Å². The summed E-state index contributed by atoms with van der Waals surface area (Å²) in [7, 11) is 4.37. The van der Waals surface area contributed by atoms with Crippen LogP contribution in [-0.2, 0) is 0 Å². The van der Waals surface area contributed by atoms with Crippen molar-refractivity contribution in [3.63, 3.8) is 0 Å². The van der Waals surface area contributed by atoms with Gasteiger partial charge in [-0.25, -0.2) is 0 Å². The van der Waals surface area contributed by atoms with Crippen LogP contribution in [0.15, 0.2) is 0 Å². The predicted molar refractivity (Wildman–Crippen MR) is 85.6 cm³/mol. The molecular formula is C17H36N2. The molecule has 2 unspecified atom stereocenters. The zero-order valence-electron chi connectivity index (χ0n) is 14.1. The maximum atomic E-state index is 3.95. The summed E-state index contributed by atoms with van der Waals surface area (Å²) in [5.74, 6) is 0.777. The fraction of sp³-hybridized carbons (Fsp3) is 1.00. The van der Waals surface area contributed by atoms with Crippen molar-refractivity contribution in [1.29, 1.82) is 0 Å². The molecule has 0 aromatic carbocycles. The lowest BCUT2D eigenvalue weighted by Gasteiger charge is -2.29. The van der Waals surface area contributed by atoms with Crippen LogP contribution < -0.4 is 5.32 Å². The summed E-state index contributed by atoms with van der Waals surface area (Å²) < 4.78 is 0. The minimum Gasteiger partial charge on any atom is -0.310 e. The molecule has 0 saturated heterocycles. The minimum atomic E-state index is 0.561. The summed E-state index contributed by atoms with van der Waals surface area (Å²) >= 11 is 0. The Kier molecular flexibility index (Phi) is 6.82. The van der Waals surface area contributed by atoms with Gasteiger partial charge in [0.15, 0.2) is 0 Å². The number of nitrogens with one attached hydrogen (secondary N) is 1. The van der Waals surface area contributed by atoms with Crippen molar-refractivity contribution in [3.8, 4) is 0 Å². The number of rotatable bonds is 6. The summed E-state index contributed by atoms with van der Waals surface area (Å²) in [6, 6.07) is 1.40. The molecule has 0 aliphatic heterocycles. The average molecular weight is 268 g/mol. The first-order valence-corrected chi connectivity index (χ1v) is 8.19. The second-order valence-corrected chi connectivity index (χ2v) is 8.05. The van der Waals surface area contributed by atoms with Gasteiger partial charge >= 0.3 is 0 Å². The molecule has 0 heterocycles. The van der Waals surface area contributed by atoms with Crippen LogP contribution in [0, 0.1) is 11.3 Å². The third-order valence-electron chi connectivity index (χ3n) is 4.39. The van der Waals surface area contributed by atoms with Gasteiger partial charge in [0.1, 0.15) is 0 Å². The highest BCUT2D eigenvalue weighted by atomic mass is 15.1. The molecule has 1 saturated carbocycles. The summed E-state index contributed by atoms with van der Waals surface area (Å²) in [5.41, 5.74) is 0.561. The summed E-state index contributed by atoms with van der Waals surface area (Å²) in [6.45, 7) is 10.7. The van der Waals surface area contributed by atoms with Crippen molar-refractivity contribution in [2.75, 3.05) is 20.6 Å². The van der Waals surface area contributed by atoms with Gasteiger partial charge in [-0.2, -0.15) is 0 Å². The molecule has 1 aliphatic carbocycles. The second-order valence-electron chi connectivity index (χ2n) is 8.05. The summed E-state index contributed by atoms with van der Waals surface area (Å²) in [5, 5.41) is 3.95. The fourth-order valence-corrected chi connectivity index (χ4v) is 3.37. The second kappa shape index (κ2) is 7.64. The van der Waals surface area contributed by atoms with E-state index in [1.54, 1.807) is 0 Å². The Balaban J connectivity index is 2.48. The molecular weight excluding hydrogens is 232 g/mol. The maximum Gasteiger partial charge on any atom is 0.0199 e. The first-order valence-electron chi connectivity index (χ1n) is 8.19. The normalized spacial score (nSPS) is 25.6. The number of hydrogen-bond acceptors (Lipinski definition) is 2. The smallest absolute Gasteiger partial charge is 0.0199 e. The molecule has 1 aliphatic rings. The Morgan fingerprint density at radius 3 is 2.42 bits per heavy atom. The lowest BCUT2D eigenvalue weighted by Crippen LogP contribution is -2.44. The summed E-state index contributed by atoms with van der Waals surface area (Å²) in [6.07, 6.45) is 8.17. The highest BCUT2D eigenvalue weighted by molar-refractivity contribution is 4.83. The molecule has 0 aromatic rings. The van der Waals surface area contributed by atoms with Gasteiger partial charge in [0.05, 0.1) is 0 Å². The molecule has 0 bridgehead atoms. The zero-order valence-corrected chi connectivity index (χ0v) is 14.1. The largest absolute Gasteiger partial charge is 0.310 e. The number of hydrogen-bond donors (Lipinski definition) is 1. The van der Waals surface area contributed by atoms with E-state index in [-0.39, 0.29) is 0 Å². The molecule has 19 heavy (non-hydrogen) atoms. The van der Waals surface area contributed by atoms with E-state index in [0.29, 0.717) is 11.5 Å². The SMILES string of the molecule is CC(C)CC(CN(C)C)NC1CCCC(C)(C)CC1. The van der Waals surface area contributed by atoms with Crippen LogP contribution in [0.4, 0.5) is 0 Å². The van der Waals surface area contributed by atoms with Gasteiger partial charge in [0, 0.05) is 18.6 Å². The molecule has 1 N–H and O–H groups in total. The van der Waals surface area contributed by atoms with Crippen molar-refractivity contribution in [3.05, 3.63) is 0 Å². The van der Waals surface area contributed by atoms with Crippen molar-refractivity contribution in [1.82, 2.24) is 10.2 Å². The molecule has 1 fully saturated rings. The highest BCUT2D eigenvalue weighted by Gasteiger charge is 2.25. The molecule has 1 rings (SSSR count). The zero-order chi connectivity index (χ0) is 14.5. The molecule has 0 aromatic heterocycles. The van der Waals surface area contributed by atoms with Crippen molar-refractivity contribution in [2.45, 2.75) is 78.3 Å². The van der Waals surface area contributed by atoms with Gasteiger partial charge in [0.25, 0.3) is 0 Å². The van der Waals surface area contributed by atoms with Crippen LogP contribution in [0.2, 0.25) is 0 Å². The van der Waals surface area contributed by atoms with E-state index in [4.69, 9.17) is 0 Å². The van der Waals surface area contributed by atoms with Crippen molar-refractivity contribution >= 4 is 0 Å². The first-order chi connectivity index (χ1) is 8.78. The number of nitrogens with zero attached hydrogens (tertiary/aromatic N) is 1. The van der Waals surface area contributed by atoms with Crippen LogP contribution in [0.1, 0.15) is 66.2 Å². The van der Waals surface area contributed by atoms with E-state index in [0.717, 1.165) is 18.5 Å². The van der Waals surface area contributed by atoms with Gasteiger partial charge < -0.3 is 10.2 Å². The lowest BCUT2D eigenvalue weighted by molar-refractivity contribution is 0.269. The molecule has 0 amide bonds. The molecule has 2 nitrogen and oxygen atoms in total. The minimum absolute atomic E-state index is 0.561. The Bertz CT molecular complexity index is 236. The van der Waals surface area contributed by atoms with E-state index in [2.05, 4.69) is 52.0 Å². The summed E-state index contributed by atoms with van der Waals surface area (Å²) in [4.78, 5) is 2.32. The first kappa shape index (κ1) is 17.0. The lowest BCUT2D eigenvalue weighted by atomic mass is 9.85. The van der Waals surface area contributed by atoms with Gasteiger partial charge in [-0.15, -0.1) is 0 Å². The molecule has 2 heteroatoms. The Labute approximate surface area is 121 Å². The Hall–Kier alpha value is -0.0800. The van der Waals surface area contributed by atoms with Crippen LogP contribution in [0.3, 0.4) is 0 Å². The molecule has 0 radical (unpaired) electrons. The average Bonchev–Trinajstić information content (AvgIpc) is 2.38. The van der Waals surface area contributed by atoms with Crippen LogP contribution >= 0.6 is 0 Å². The van der Waals surface area contributed by atoms with Gasteiger partial charge in [-0.3, -0.25) is 0 Å². The van der Waals surface area contributed by atoms with Crippen LogP contribution in [0.25, 0.3) is 0 Å². The quantitative estimate of drug-likeness (QED) is 0.735. The van der Waals surface area contributed by atoms with E-state index < -0.39 is 0 Å². The third kappa shape index (κ3) is 7.31. The van der Waals surface area contributed by atoms with E-state index >= 15 is 0 Å². The Morgan fingerprint density at radius 1 is 1.16 bits per heavy atom. The maximum absolute atomic E-state index is 3.95. The Morgan fingerprint density at radius 2 is 1.84 bits per heavy atom. The standard InChI is InChI=1S/C17H36N2/c1-14(2)12-16(13-19(5)6)18-15-8-7-10-17(3,4)11-9-15/h14-16,18H,7-13H2,1-6H3.